The minimum absolute atomic E-state index is 0.0445. The Kier molecular flexibility index (Phi) is 5.08. The van der Waals surface area contributed by atoms with Crippen molar-refractivity contribution in [1.29, 1.82) is 5.41 Å². The second-order valence-corrected chi connectivity index (χ2v) is 6.66. The fourth-order valence-corrected chi connectivity index (χ4v) is 2.93. The number of hydrazone groups is 1. The lowest BCUT2D eigenvalue weighted by Crippen LogP contribution is -2.57. The van der Waals surface area contributed by atoms with Gasteiger partial charge in [-0.25, -0.2) is 9.18 Å². The van der Waals surface area contributed by atoms with Gasteiger partial charge in [-0.2, -0.15) is 5.10 Å². The number of urea groups is 1. The van der Waals surface area contributed by atoms with Gasteiger partial charge in [-0.15, -0.1) is 0 Å². The van der Waals surface area contributed by atoms with Gasteiger partial charge in [0.2, 0.25) is 0 Å². The lowest BCUT2D eigenvalue weighted by molar-refractivity contribution is -0.125. The molecule has 2 fully saturated rings. The molecule has 0 bridgehead atoms. The van der Waals surface area contributed by atoms with Crippen LogP contribution in [0.3, 0.4) is 0 Å². The van der Waals surface area contributed by atoms with Crippen molar-refractivity contribution in [2.75, 3.05) is 12.0 Å². The number of nitrogens with zero attached hydrogens (tertiary/aromatic N) is 1. The highest BCUT2D eigenvalue weighted by Gasteiger charge is 2.56. The molecule has 1 heterocycles. The van der Waals surface area contributed by atoms with Crippen molar-refractivity contribution in [2.45, 2.75) is 18.4 Å². The molecule has 1 aliphatic carbocycles. The molecule has 1 aromatic carbocycles. The number of anilines is 1. The normalized spacial score (nSPS) is 21.7. The average molecular weight is 395 g/mol. The molecule has 11 heteroatoms. The standard InChI is InChI=1S/C16H16ClFN6O3/c17-10-5-9(3-4-11(10)18)24-21-6-12(19)13(25)20-7-16(8-1-2-8)14(26)22-15(27)23-16/h3-6,8,19,24H,1-2,7H2,(H,20,25)(H2,22,23,26,27)/b19-12?,21-6-/t16-/m0/s1. The number of carbonyl (C=O) groups is 3. The van der Waals surface area contributed by atoms with Gasteiger partial charge in [-0.1, -0.05) is 11.6 Å². The van der Waals surface area contributed by atoms with Crippen LogP contribution in [0, 0.1) is 17.1 Å². The zero-order chi connectivity index (χ0) is 19.6. The van der Waals surface area contributed by atoms with Crippen molar-refractivity contribution in [3.05, 3.63) is 29.0 Å². The van der Waals surface area contributed by atoms with Gasteiger partial charge in [0.25, 0.3) is 11.8 Å². The van der Waals surface area contributed by atoms with Crippen LogP contribution < -0.4 is 21.4 Å². The zero-order valence-electron chi connectivity index (χ0n) is 13.9. The summed E-state index contributed by atoms with van der Waals surface area (Å²) in [6.45, 7) is -0.120. The zero-order valence-corrected chi connectivity index (χ0v) is 14.7. The average Bonchev–Trinajstić information content (AvgIpc) is 3.42. The van der Waals surface area contributed by atoms with Crippen LogP contribution in [0.5, 0.6) is 0 Å². The first-order valence-corrected chi connectivity index (χ1v) is 8.44. The Morgan fingerprint density at radius 1 is 1.44 bits per heavy atom. The van der Waals surface area contributed by atoms with E-state index in [1.807, 2.05) is 0 Å². The molecule has 1 aromatic rings. The summed E-state index contributed by atoms with van der Waals surface area (Å²) in [7, 11) is 0. The van der Waals surface area contributed by atoms with Crippen molar-refractivity contribution in [3.8, 4) is 0 Å². The number of amides is 4. The molecule has 0 aromatic heterocycles. The van der Waals surface area contributed by atoms with Crippen molar-refractivity contribution >= 4 is 47.1 Å². The third-order valence-electron chi connectivity index (χ3n) is 4.32. The van der Waals surface area contributed by atoms with Gasteiger partial charge < -0.3 is 10.6 Å². The number of halogens is 2. The predicted molar refractivity (Wildman–Crippen MR) is 96.4 cm³/mol. The molecule has 2 aliphatic rings. The van der Waals surface area contributed by atoms with Gasteiger partial charge in [0.1, 0.15) is 17.1 Å². The number of hydrogen-bond acceptors (Lipinski definition) is 6. The van der Waals surface area contributed by atoms with E-state index in [-0.39, 0.29) is 17.5 Å². The molecule has 142 valence electrons. The van der Waals surface area contributed by atoms with Crippen LogP contribution in [0.2, 0.25) is 5.02 Å². The van der Waals surface area contributed by atoms with Crippen LogP contribution in [0.15, 0.2) is 23.3 Å². The summed E-state index contributed by atoms with van der Waals surface area (Å²) in [4.78, 5) is 35.6. The Labute approximate surface area is 158 Å². The van der Waals surface area contributed by atoms with Crippen LogP contribution >= 0.6 is 11.6 Å². The van der Waals surface area contributed by atoms with Crippen LogP contribution in [0.4, 0.5) is 14.9 Å². The first kappa shape index (κ1) is 18.8. The Bertz CT molecular complexity index is 857. The molecule has 1 saturated heterocycles. The smallest absolute Gasteiger partial charge is 0.322 e. The highest BCUT2D eigenvalue weighted by molar-refractivity contribution is 6.59. The van der Waals surface area contributed by atoms with Gasteiger partial charge in [0.15, 0.2) is 0 Å². The quantitative estimate of drug-likeness (QED) is 0.268. The number of carbonyl (C=O) groups excluding carboxylic acids is 3. The van der Waals surface area contributed by atoms with Gasteiger partial charge in [0.05, 0.1) is 23.5 Å². The summed E-state index contributed by atoms with van der Waals surface area (Å²) in [5, 5.41) is 18.6. The van der Waals surface area contributed by atoms with Gasteiger partial charge in [0, 0.05) is 0 Å². The molecule has 9 nitrogen and oxygen atoms in total. The van der Waals surface area contributed by atoms with Crippen molar-refractivity contribution in [1.82, 2.24) is 16.0 Å². The Morgan fingerprint density at radius 3 is 2.78 bits per heavy atom. The van der Waals surface area contributed by atoms with E-state index in [9.17, 15) is 18.8 Å². The van der Waals surface area contributed by atoms with E-state index in [0.717, 1.165) is 25.1 Å². The van der Waals surface area contributed by atoms with Crippen molar-refractivity contribution in [2.24, 2.45) is 11.0 Å². The monoisotopic (exact) mass is 394 g/mol. The Hall–Kier alpha value is -3.01. The number of imide groups is 1. The lowest BCUT2D eigenvalue weighted by atomic mass is 9.93. The number of hydrogen-bond donors (Lipinski definition) is 5. The molecule has 3 rings (SSSR count). The molecule has 27 heavy (non-hydrogen) atoms. The topological polar surface area (TPSA) is 136 Å². The van der Waals surface area contributed by atoms with Gasteiger partial charge in [-0.05, 0) is 37.0 Å². The third-order valence-corrected chi connectivity index (χ3v) is 4.61. The molecule has 4 amide bonds. The molecule has 5 N–H and O–H groups in total. The minimum atomic E-state index is -1.17. The van der Waals surface area contributed by atoms with Gasteiger partial charge >= 0.3 is 6.03 Å². The minimum Gasteiger partial charge on any atom is -0.348 e. The molecule has 1 atom stereocenters. The third kappa shape index (κ3) is 4.05. The lowest BCUT2D eigenvalue weighted by Gasteiger charge is -2.25. The number of nitrogens with one attached hydrogen (secondary N) is 5. The summed E-state index contributed by atoms with van der Waals surface area (Å²) in [6.07, 6.45) is 2.50. The van der Waals surface area contributed by atoms with Crippen LogP contribution in [0.1, 0.15) is 12.8 Å². The Morgan fingerprint density at radius 2 is 2.19 bits per heavy atom. The van der Waals surface area contributed by atoms with Crippen LogP contribution in [-0.4, -0.2) is 41.9 Å². The fourth-order valence-electron chi connectivity index (χ4n) is 2.75. The number of rotatable bonds is 7. The molecule has 0 radical (unpaired) electrons. The largest absolute Gasteiger partial charge is 0.348 e. The van der Waals surface area contributed by atoms with Gasteiger partial charge in [-0.3, -0.25) is 25.7 Å². The maximum Gasteiger partial charge on any atom is 0.322 e. The van der Waals surface area contributed by atoms with Crippen molar-refractivity contribution < 1.29 is 18.8 Å². The second kappa shape index (κ2) is 7.31. The van der Waals surface area contributed by atoms with E-state index in [2.05, 4.69) is 26.5 Å². The molecule has 0 unspecified atom stereocenters. The van der Waals surface area contributed by atoms with E-state index < -0.39 is 34.9 Å². The summed E-state index contributed by atoms with van der Waals surface area (Å²) in [5.41, 5.74) is 1.26. The summed E-state index contributed by atoms with van der Waals surface area (Å²) < 4.78 is 13.1. The fraction of sp³-hybridized carbons (Fsp3) is 0.312. The summed E-state index contributed by atoms with van der Waals surface area (Å²) in [6, 6.07) is 3.25. The Balaban J connectivity index is 1.54. The van der Waals surface area contributed by atoms with E-state index in [1.54, 1.807) is 0 Å². The summed E-state index contributed by atoms with van der Waals surface area (Å²) >= 11 is 5.64. The van der Waals surface area contributed by atoms with E-state index in [4.69, 9.17) is 17.0 Å². The van der Waals surface area contributed by atoms with Crippen LogP contribution in [0.25, 0.3) is 0 Å². The number of benzene rings is 1. The van der Waals surface area contributed by atoms with E-state index in [0.29, 0.717) is 5.69 Å². The second-order valence-electron chi connectivity index (χ2n) is 6.25. The van der Waals surface area contributed by atoms with E-state index >= 15 is 0 Å². The molecule has 1 aliphatic heterocycles. The first-order chi connectivity index (χ1) is 12.8. The highest BCUT2D eigenvalue weighted by Crippen LogP contribution is 2.40. The molecular formula is C16H16ClFN6O3. The molecule has 0 spiro atoms. The molecular weight excluding hydrogens is 379 g/mol. The first-order valence-electron chi connectivity index (χ1n) is 8.06. The maximum absolute atomic E-state index is 13.1. The van der Waals surface area contributed by atoms with E-state index in [1.165, 1.54) is 12.1 Å². The van der Waals surface area contributed by atoms with Crippen LogP contribution in [-0.2, 0) is 9.59 Å². The SMILES string of the molecule is N=C(/C=N\Nc1ccc(F)c(Cl)c1)C(=O)NC[C@@]1(C2CC2)NC(=O)NC1=O. The maximum atomic E-state index is 13.1. The summed E-state index contributed by atoms with van der Waals surface area (Å²) in [5.74, 6) is -1.86. The highest BCUT2D eigenvalue weighted by atomic mass is 35.5. The van der Waals surface area contributed by atoms with Crippen molar-refractivity contribution in [3.63, 3.8) is 0 Å². The predicted octanol–water partition coefficient (Wildman–Crippen LogP) is 1.00. The molecule has 1 saturated carbocycles.